The van der Waals surface area contributed by atoms with Crippen LogP contribution in [0.25, 0.3) is 10.2 Å². The minimum atomic E-state index is -0.380. The summed E-state index contributed by atoms with van der Waals surface area (Å²) in [6.45, 7) is 3.39. The number of carbonyl (C=O) groups is 1. The topological polar surface area (TPSA) is 73.3 Å². The molecule has 0 radical (unpaired) electrons. The molecule has 0 saturated carbocycles. The first-order chi connectivity index (χ1) is 10.2. The third-order valence-electron chi connectivity index (χ3n) is 2.72. The number of hydrogen-bond acceptors (Lipinski definition) is 7. The van der Waals surface area contributed by atoms with Crippen LogP contribution in [0.1, 0.15) is 23.7 Å². The SMILES string of the molecule is CCOC(=O)c1csc2nc(Cl)nc(NCCCOC)c12. The fourth-order valence-electron chi connectivity index (χ4n) is 1.83. The summed E-state index contributed by atoms with van der Waals surface area (Å²) in [5.74, 6) is 0.167. The normalized spacial score (nSPS) is 10.8. The highest BCUT2D eigenvalue weighted by molar-refractivity contribution is 7.17. The first-order valence-electron chi connectivity index (χ1n) is 6.52. The summed E-state index contributed by atoms with van der Waals surface area (Å²) < 4.78 is 10.1. The van der Waals surface area contributed by atoms with Gasteiger partial charge in [-0.2, -0.15) is 0 Å². The van der Waals surface area contributed by atoms with E-state index in [2.05, 4.69) is 15.3 Å². The van der Waals surface area contributed by atoms with Crippen LogP contribution in [0, 0.1) is 0 Å². The molecule has 0 saturated heterocycles. The second kappa shape index (κ2) is 7.53. The van der Waals surface area contributed by atoms with Crippen molar-refractivity contribution in [1.29, 1.82) is 0 Å². The zero-order chi connectivity index (χ0) is 15.2. The molecule has 2 heterocycles. The standard InChI is InChI=1S/C13H16ClN3O3S/c1-3-20-12(18)8-7-21-11-9(8)10(16-13(14)17-11)15-5-4-6-19-2/h7H,3-6H2,1-2H3,(H,15,16,17). The Kier molecular flexibility index (Phi) is 5.72. The van der Waals surface area contributed by atoms with Gasteiger partial charge in [0, 0.05) is 25.6 Å². The highest BCUT2D eigenvalue weighted by Gasteiger charge is 2.19. The van der Waals surface area contributed by atoms with Crippen molar-refractivity contribution in [2.24, 2.45) is 0 Å². The molecule has 2 rings (SSSR count). The Balaban J connectivity index is 2.32. The number of esters is 1. The Morgan fingerprint density at radius 2 is 2.29 bits per heavy atom. The van der Waals surface area contributed by atoms with Crippen molar-refractivity contribution in [2.75, 3.05) is 32.2 Å². The predicted molar refractivity (Wildman–Crippen MR) is 83.4 cm³/mol. The lowest BCUT2D eigenvalue weighted by Gasteiger charge is -2.08. The maximum Gasteiger partial charge on any atom is 0.339 e. The summed E-state index contributed by atoms with van der Waals surface area (Å²) in [5.41, 5.74) is 0.461. The summed E-state index contributed by atoms with van der Waals surface area (Å²) in [6, 6.07) is 0. The van der Waals surface area contributed by atoms with Crippen molar-refractivity contribution in [1.82, 2.24) is 9.97 Å². The maximum absolute atomic E-state index is 12.0. The summed E-state index contributed by atoms with van der Waals surface area (Å²) in [4.78, 5) is 21.0. The Bertz CT molecular complexity index is 632. The van der Waals surface area contributed by atoms with E-state index in [1.54, 1.807) is 19.4 Å². The zero-order valence-electron chi connectivity index (χ0n) is 11.8. The molecule has 0 aliphatic heterocycles. The number of halogens is 1. The van der Waals surface area contributed by atoms with E-state index in [9.17, 15) is 4.79 Å². The number of aromatic nitrogens is 2. The minimum Gasteiger partial charge on any atom is -0.462 e. The molecule has 0 atom stereocenters. The van der Waals surface area contributed by atoms with Crippen molar-refractivity contribution >= 4 is 44.9 Å². The van der Waals surface area contributed by atoms with Gasteiger partial charge in [-0.05, 0) is 24.9 Å². The molecule has 0 spiro atoms. The molecule has 0 fully saturated rings. The van der Waals surface area contributed by atoms with Crippen molar-refractivity contribution in [2.45, 2.75) is 13.3 Å². The van der Waals surface area contributed by atoms with Gasteiger partial charge in [0.1, 0.15) is 10.6 Å². The molecule has 114 valence electrons. The number of ether oxygens (including phenoxy) is 2. The number of hydrogen-bond donors (Lipinski definition) is 1. The van der Waals surface area contributed by atoms with Crippen LogP contribution >= 0.6 is 22.9 Å². The summed E-state index contributed by atoms with van der Waals surface area (Å²) in [6.07, 6.45) is 0.818. The number of thiophene rings is 1. The van der Waals surface area contributed by atoms with E-state index in [-0.39, 0.29) is 11.3 Å². The molecule has 0 aliphatic rings. The van der Waals surface area contributed by atoms with E-state index >= 15 is 0 Å². The molecule has 0 unspecified atom stereocenters. The first kappa shape index (κ1) is 15.9. The number of fused-ring (bicyclic) bond motifs is 1. The largest absolute Gasteiger partial charge is 0.462 e. The van der Waals surface area contributed by atoms with Gasteiger partial charge >= 0.3 is 5.97 Å². The van der Waals surface area contributed by atoms with Crippen LogP contribution in [0.3, 0.4) is 0 Å². The van der Waals surface area contributed by atoms with Gasteiger partial charge in [-0.3, -0.25) is 0 Å². The molecule has 0 amide bonds. The van der Waals surface area contributed by atoms with Crippen LogP contribution < -0.4 is 5.32 Å². The molecule has 6 nitrogen and oxygen atoms in total. The van der Waals surface area contributed by atoms with Gasteiger partial charge in [-0.15, -0.1) is 11.3 Å². The number of methoxy groups -OCH3 is 1. The molecule has 8 heteroatoms. The molecular weight excluding hydrogens is 314 g/mol. The van der Waals surface area contributed by atoms with E-state index in [4.69, 9.17) is 21.1 Å². The van der Waals surface area contributed by atoms with Gasteiger partial charge in [-0.1, -0.05) is 0 Å². The number of carbonyl (C=O) groups excluding carboxylic acids is 1. The van der Waals surface area contributed by atoms with E-state index < -0.39 is 0 Å². The van der Waals surface area contributed by atoms with E-state index in [0.717, 1.165) is 6.42 Å². The number of nitrogens with one attached hydrogen (secondary N) is 1. The lowest BCUT2D eigenvalue weighted by atomic mass is 10.2. The third-order valence-corrected chi connectivity index (χ3v) is 3.76. The summed E-state index contributed by atoms with van der Waals surface area (Å²) >= 11 is 7.26. The number of rotatable bonds is 7. The highest BCUT2D eigenvalue weighted by atomic mass is 35.5. The molecule has 0 aliphatic carbocycles. The van der Waals surface area contributed by atoms with Gasteiger partial charge in [0.2, 0.25) is 5.28 Å². The van der Waals surface area contributed by atoms with Crippen LogP contribution in [-0.4, -0.2) is 42.8 Å². The number of nitrogens with zero attached hydrogens (tertiary/aromatic N) is 2. The van der Waals surface area contributed by atoms with Gasteiger partial charge in [0.05, 0.1) is 17.6 Å². The van der Waals surface area contributed by atoms with Crippen LogP contribution in [-0.2, 0) is 9.47 Å². The molecular formula is C13H16ClN3O3S. The van der Waals surface area contributed by atoms with Crippen molar-refractivity contribution in [3.8, 4) is 0 Å². The Morgan fingerprint density at radius 1 is 1.48 bits per heavy atom. The van der Waals surface area contributed by atoms with Crippen LogP contribution in [0.5, 0.6) is 0 Å². The number of anilines is 1. The van der Waals surface area contributed by atoms with E-state index in [0.29, 0.717) is 41.4 Å². The molecule has 21 heavy (non-hydrogen) atoms. The Labute approximate surface area is 131 Å². The van der Waals surface area contributed by atoms with Gasteiger partial charge in [-0.25, -0.2) is 14.8 Å². The summed E-state index contributed by atoms with van der Waals surface area (Å²) in [7, 11) is 1.65. The van der Waals surface area contributed by atoms with E-state index in [1.807, 2.05) is 0 Å². The second-order valence-corrected chi connectivity index (χ2v) is 5.36. The average molecular weight is 330 g/mol. The monoisotopic (exact) mass is 329 g/mol. The van der Waals surface area contributed by atoms with Crippen molar-refractivity contribution < 1.29 is 14.3 Å². The molecule has 2 aromatic rings. The van der Waals surface area contributed by atoms with E-state index in [1.165, 1.54) is 11.3 Å². The molecule has 0 aromatic carbocycles. The average Bonchev–Trinajstić information content (AvgIpc) is 2.87. The maximum atomic E-state index is 12.0. The fourth-order valence-corrected chi connectivity index (χ4v) is 2.95. The van der Waals surface area contributed by atoms with Crippen LogP contribution in [0.4, 0.5) is 5.82 Å². The smallest absolute Gasteiger partial charge is 0.339 e. The second-order valence-electron chi connectivity index (χ2n) is 4.16. The van der Waals surface area contributed by atoms with Crippen molar-refractivity contribution in [3.63, 3.8) is 0 Å². The van der Waals surface area contributed by atoms with Crippen LogP contribution in [0.15, 0.2) is 5.38 Å². The summed E-state index contributed by atoms with van der Waals surface area (Å²) in [5, 5.41) is 5.69. The zero-order valence-corrected chi connectivity index (χ0v) is 13.4. The molecule has 2 aromatic heterocycles. The molecule has 1 N–H and O–H groups in total. The third kappa shape index (κ3) is 3.81. The predicted octanol–water partition coefficient (Wildman–Crippen LogP) is 2.97. The highest BCUT2D eigenvalue weighted by Crippen LogP contribution is 2.31. The lowest BCUT2D eigenvalue weighted by molar-refractivity contribution is 0.0529. The Hall–Kier alpha value is -1.44. The van der Waals surface area contributed by atoms with Gasteiger partial charge in [0.15, 0.2) is 0 Å². The quantitative estimate of drug-likeness (QED) is 0.478. The minimum absolute atomic E-state index is 0.147. The molecule has 0 bridgehead atoms. The van der Waals surface area contributed by atoms with Gasteiger partial charge < -0.3 is 14.8 Å². The fraction of sp³-hybridized carbons (Fsp3) is 0.462. The lowest BCUT2D eigenvalue weighted by Crippen LogP contribution is -2.09. The first-order valence-corrected chi connectivity index (χ1v) is 7.77. The van der Waals surface area contributed by atoms with Crippen molar-refractivity contribution in [3.05, 3.63) is 16.2 Å². The Morgan fingerprint density at radius 3 is 3.00 bits per heavy atom. The van der Waals surface area contributed by atoms with Crippen LogP contribution in [0.2, 0.25) is 5.28 Å². The van der Waals surface area contributed by atoms with Gasteiger partial charge in [0.25, 0.3) is 0 Å².